The fraction of sp³-hybridized carbons (Fsp3) is 0.478. The number of aryl methyl sites for hydroxylation is 1. The first kappa shape index (κ1) is 22.5. The van der Waals surface area contributed by atoms with Crippen LogP contribution in [0.5, 0.6) is 5.88 Å². The van der Waals surface area contributed by atoms with Gasteiger partial charge in [-0.2, -0.15) is 10.1 Å². The molecule has 0 unspecified atom stereocenters. The SMILES string of the molecule is CCN(CC)c1ccc(C=NNC(=O)COc2cc(C)nc(N3CCCCC3)n2)cc1. The van der Waals surface area contributed by atoms with Gasteiger partial charge in [0.1, 0.15) is 0 Å². The molecule has 1 aliphatic rings. The monoisotopic (exact) mass is 424 g/mol. The Hall–Kier alpha value is -3.16. The first-order chi connectivity index (χ1) is 15.1. The van der Waals surface area contributed by atoms with Gasteiger partial charge < -0.3 is 14.5 Å². The molecule has 2 heterocycles. The van der Waals surface area contributed by atoms with Crippen molar-refractivity contribution in [2.75, 3.05) is 42.6 Å². The minimum atomic E-state index is -0.341. The van der Waals surface area contributed by atoms with Crippen LogP contribution < -0.4 is 20.0 Å². The summed E-state index contributed by atoms with van der Waals surface area (Å²) in [6.07, 6.45) is 5.15. The number of hydrogen-bond acceptors (Lipinski definition) is 7. The Morgan fingerprint density at radius 1 is 1.16 bits per heavy atom. The summed E-state index contributed by atoms with van der Waals surface area (Å²) < 4.78 is 5.58. The maximum absolute atomic E-state index is 12.1. The van der Waals surface area contributed by atoms with E-state index in [1.165, 1.54) is 12.1 Å². The summed E-state index contributed by atoms with van der Waals surface area (Å²) in [6.45, 7) is 9.84. The highest BCUT2D eigenvalue weighted by Crippen LogP contribution is 2.19. The standard InChI is InChI=1S/C23H32N6O2/c1-4-28(5-2)20-11-9-19(10-12-20)16-24-27-21(30)17-31-22-15-18(3)25-23(26-22)29-13-7-6-8-14-29/h9-12,15-16H,4-8,13-14,17H2,1-3H3,(H,27,30). The molecule has 166 valence electrons. The maximum Gasteiger partial charge on any atom is 0.278 e. The van der Waals surface area contributed by atoms with Crippen LogP contribution in [0.4, 0.5) is 11.6 Å². The molecular weight excluding hydrogens is 392 g/mol. The van der Waals surface area contributed by atoms with Gasteiger partial charge in [0.05, 0.1) is 6.21 Å². The van der Waals surface area contributed by atoms with Gasteiger partial charge in [0.15, 0.2) is 6.61 Å². The van der Waals surface area contributed by atoms with Gasteiger partial charge in [0.2, 0.25) is 11.8 Å². The second-order valence-electron chi connectivity index (χ2n) is 7.54. The number of aromatic nitrogens is 2. The Labute approximate surface area is 184 Å². The number of carbonyl (C=O) groups is 1. The van der Waals surface area contributed by atoms with Crippen molar-refractivity contribution in [2.24, 2.45) is 5.10 Å². The molecule has 2 aromatic rings. The van der Waals surface area contributed by atoms with E-state index in [0.717, 1.165) is 50.3 Å². The van der Waals surface area contributed by atoms with Crippen LogP contribution in [0.2, 0.25) is 0 Å². The maximum atomic E-state index is 12.1. The van der Waals surface area contributed by atoms with Crippen molar-refractivity contribution in [3.8, 4) is 5.88 Å². The molecule has 1 aromatic carbocycles. The summed E-state index contributed by atoms with van der Waals surface area (Å²) >= 11 is 0. The molecule has 0 spiro atoms. The molecule has 0 bridgehead atoms. The number of amides is 1. The highest BCUT2D eigenvalue weighted by atomic mass is 16.5. The summed E-state index contributed by atoms with van der Waals surface area (Å²) in [5, 5.41) is 4.02. The van der Waals surface area contributed by atoms with Crippen molar-refractivity contribution in [2.45, 2.75) is 40.0 Å². The minimum absolute atomic E-state index is 0.159. The Morgan fingerprint density at radius 2 is 1.87 bits per heavy atom. The molecule has 0 saturated carbocycles. The van der Waals surface area contributed by atoms with Gasteiger partial charge in [0, 0.05) is 43.6 Å². The molecule has 31 heavy (non-hydrogen) atoms. The molecule has 0 atom stereocenters. The van der Waals surface area contributed by atoms with Gasteiger partial charge in [-0.25, -0.2) is 10.4 Å². The van der Waals surface area contributed by atoms with Crippen LogP contribution in [0.3, 0.4) is 0 Å². The number of rotatable bonds is 9. The predicted octanol–water partition coefficient (Wildman–Crippen LogP) is 3.15. The largest absolute Gasteiger partial charge is 0.467 e. The number of anilines is 2. The van der Waals surface area contributed by atoms with E-state index in [4.69, 9.17) is 4.74 Å². The molecule has 8 heteroatoms. The summed E-state index contributed by atoms with van der Waals surface area (Å²) in [7, 11) is 0. The van der Waals surface area contributed by atoms with Crippen molar-refractivity contribution >= 4 is 23.8 Å². The molecule has 1 N–H and O–H groups in total. The third kappa shape index (κ3) is 6.67. The summed E-state index contributed by atoms with van der Waals surface area (Å²) in [6, 6.07) is 9.80. The van der Waals surface area contributed by atoms with Crippen LogP contribution in [0.1, 0.15) is 44.4 Å². The molecule has 0 radical (unpaired) electrons. The summed E-state index contributed by atoms with van der Waals surface area (Å²) in [4.78, 5) is 25.5. The van der Waals surface area contributed by atoms with Crippen molar-refractivity contribution < 1.29 is 9.53 Å². The minimum Gasteiger partial charge on any atom is -0.467 e. The van der Waals surface area contributed by atoms with Crippen LogP contribution in [-0.2, 0) is 4.79 Å². The van der Waals surface area contributed by atoms with Gasteiger partial charge >= 0.3 is 0 Å². The molecule has 8 nitrogen and oxygen atoms in total. The smallest absolute Gasteiger partial charge is 0.278 e. The lowest BCUT2D eigenvalue weighted by atomic mass is 10.1. The predicted molar refractivity (Wildman–Crippen MR) is 124 cm³/mol. The zero-order valence-corrected chi connectivity index (χ0v) is 18.7. The van der Waals surface area contributed by atoms with Crippen LogP contribution in [0.15, 0.2) is 35.4 Å². The van der Waals surface area contributed by atoms with Gasteiger partial charge in [-0.3, -0.25) is 4.79 Å². The number of benzene rings is 1. The first-order valence-electron chi connectivity index (χ1n) is 11.0. The van der Waals surface area contributed by atoms with Crippen molar-refractivity contribution in [3.63, 3.8) is 0 Å². The molecular formula is C23H32N6O2. The second kappa shape index (κ2) is 11.3. The van der Waals surface area contributed by atoms with Crippen LogP contribution in [0.25, 0.3) is 0 Å². The van der Waals surface area contributed by atoms with Gasteiger partial charge in [-0.1, -0.05) is 12.1 Å². The average molecular weight is 425 g/mol. The quantitative estimate of drug-likeness (QED) is 0.492. The first-order valence-corrected chi connectivity index (χ1v) is 11.0. The average Bonchev–Trinajstić information content (AvgIpc) is 2.80. The zero-order valence-electron chi connectivity index (χ0n) is 18.7. The third-order valence-electron chi connectivity index (χ3n) is 5.23. The highest BCUT2D eigenvalue weighted by molar-refractivity contribution is 5.83. The molecule has 1 aliphatic heterocycles. The molecule has 1 aromatic heterocycles. The lowest BCUT2D eigenvalue weighted by Gasteiger charge is -2.26. The summed E-state index contributed by atoms with van der Waals surface area (Å²) in [5.74, 6) is 0.729. The van der Waals surface area contributed by atoms with E-state index in [-0.39, 0.29) is 12.5 Å². The lowest BCUT2D eigenvalue weighted by Crippen LogP contribution is -2.31. The number of nitrogens with one attached hydrogen (secondary N) is 1. The van der Waals surface area contributed by atoms with Crippen LogP contribution in [0, 0.1) is 6.92 Å². The fourth-order valence-electron chi connectivity index (χ4n) is 3.54. The Bertz CT molecular complexity index is 874. The molecule has 1 fully saturated rings. The van der Waals surface area contributed by atoms with E-state index in [9.17, 15) is 4.79 Å². The normalized spacial score (nSPS) is 14.0. The van der Waals surface area contributed by atoms with E-state index in [1.807, 2.05) is 19.1 Å². The van der Waals surface area contributed by atoms with Crippen LogP contribution >= 0.6 is 0 Å². The van der Waals surface area contributed by atoms with E-state index >= 15 is 0 Å². The Morgan fingerprint density at radius 3 is 2.55 bits per heavy atom. The number of hydrazone groups is 1. The van der Waals surface area contributed by atoms with Crippen molar-refractivity contribution in [1.29, 1.82) is 0 Å². The number of piperidine rings is 1. The molecule has 3 rings (SSSR count). The number of hydrogen-bond donors (Lipinski definition) is 1. The van der Waals surface area contributed by atoms with Crippen molar-refractivity contribution in [3.05, 3.63) is 41.6 Å². The molecule has 0 aliphatic carbocycles. The second-order valence-corrected chi connectivity index (χ2v) is 7.54. The number of ether oxygens (including phenoxy) is 1. The Balaban J connectivity index is 1.49. The van der Waals surface area contributed by atoms with E-state index in [0.29, 0.717) is 11.8 Å². The molecule has 1 saturated heterocycles. The van der Waals surface area contributed by atoms with Gasteiger partial charge in [-0.05, 0) is 57.7 Å². The Kier molecular flexibility index (Phi) is 8.20. The lowest BCUT2D eigenvalue weighted by molar-refractivity contribution is -0.123. The van der Waals surface area contributed by atoms with Gasteiger partial charge in [0.25, 0.3) is 5.91 Å². The van der Waals surface area contributed by atoms with Crippen molar-refractivity contribution in [1.82, 2.24) is 15.4 Å². The van der Waals surface area contributed by atoms with E-state index < -0.39 is 0 Å². The fourth-order valence-corrected chi connectivity index (χ4v) is 3.54. The number of nitrogens with zero attached hydrogens (tertiary/aromatic N) is 5. The summed E-state index contributed by atoms with van der Waals surface area (Å²) in [5.41, 5.74) is 5.39. The van der Waals surface area contributed by atoms with E-state index in [1.54, 1.807) is 12.3 Å². The zero-order chi connectivity index (χ0) is 22.1. The van der Waals surface area contributed by atoms with Gasteiger partial charge in [-0.15, -0.1) is 0 Å². The molecule has 1 amide bonds. The van der Waals surface area contributed by atoms with E-state index in [2.05, 4.69) is 56.3 Å². The van der Waals surface area contributed by atoms with Crippen LogP contribution in [-0.4, -0.2) is 54.9 Å². The topological polar surface area (TPSA) is 83.0 Å². The third-order valence-corrected chi connectivity index (χ3v) is 5.23. The highest BCUT2D eigenvalue weighted by Gasteiger charge is 2.15. The number of carbonyl (C=O) groups excluding carboxylic acids is 1.